The first kappa shape index (κ1) is 18.6. The highest BCUT2D eigenvalue weighted by Crippen LogP contribution is 2.20. The lowest BCUT2D eigenvalue weighted by atomic mass is 10.1. The molecule has 0 fully saturated rings. The second-order valence-corrected chi connectivity index (χ2v) is 5.51. The zero-order chi connectivity index (χ0) is 19.9. The van der Waals surface area contributed by atoms with Crippen molar-refractivity contribution in [3.8, 4) is 5.75 Å². The van der Waals surface area contributed by atoms with E-state index in [9.17, 15) is 14.9 Å². The zero-order valence-electron chi connectivity index (χ0n) is 14.7. The first-order valence-corrected chi connectivity index (χ1v) is 8.01. The number of nitrogens with zero attached hydrogens (tertiary/aromatic N) is 6. The van der Waals surface area contributed by atoms with Gasteiger partial charge in [-0.1, -0.05) is 4.98 Å². The van der Waals surface area contributed by atoms with Gasteiger partial charge in [-0.25, -0.2) is 5.43 Å². The summed E-state index contributed by atoms with van der Waals surface area (Å²) in [4.78, 5) is 29.5. The minimum absolute atomic E-state index is 0.216. The summed E-state index contributed by atoms with van der Waals surface area (Å²) >= 11 is 0. The first-order chi connectivity index (χ1) is 13.6. The van der Waals surface area contributed by atoms with E-state index in [1.807, 2.05) is 0 Å². The highest BCUT2D eigenvalue weighted by atomic mass is 16.6. The molecule has 0 aliphatic heterocycles. The van der Waals surface area contributed by atoms with Crippen molar-refractivity contribution in [3.05, 3.63) is 75.9 Å². The minimum atomic E-state index is -0.665. The van der Waals surface area contributed by atoms with Gasteiger partial charge in [0.2, 0.25) is 6.33 Å². The van der Waals surface area contributed by atoms with E-state index in [4.69, 9.17) is 4.74 Å². The van der Waals surface area contributed by atoms with Crippen LogP contribution in [0.15, 0.2) is 54.2 Å². The van der Waals surface area contributed by atoms with E-state index in [-0.39, 0.29) is 12.5 Å². The van der Waals surface area contributed by atoms with Crippen LogP contribution >= 0.6 is 0 Å². The molecule has 11 nitrogen and oxygen atoms in total. The molecule has 3 aromatic rings. The highest BCUT2D eigenvalue weighted by Gasteiger charge is 2.15. The predicted octanol–water partition coefficient (Wildman–Crippen LogP) is 1.40. The molecule has 2 heterocycles. The van der Waals surface area contributed by atoms with Gasteiger partial charge in [-0.05, 0) is 40.8 Å². The number of methoxy groups -OCH3 is 1. The van der Waals surface area contributed by atoms with Crippen molar-refractivity contribution in [2.75, 3.05) is 7.11 Å². The van der Waals surface area contributed by atoms with Crippen LogP contribution in [-0.2, 0) is 6.54 Å². The standard InChI is InChI=1S/C17H15N7O4/c1-28-15-5-4-12(8-20-21-16(25)13-3-2-6-18-9-13)7-14(15)10-23-11-19-17(22-23)24(26)27/h2-9,11H,10H2,1H3,(H,21,25). The van der Waals surface area contributed by atoms with Gasteiger partial charge in [-0.3, -0.25) is 9.78 Å². The maximum absolute atomic E-state index is 11.9. The molecule has 0 unspecified atom stereocenters. The number of hydrogen-bond acceptors (Lipinski definition) is 8. The van der Waals surface area contributed by atoms with Gasteiger partial charge < -0.3 is 14.9 Å². The molecule has 3 rings (SSSR count). The summed E-state index contributed by atoms with van der Waals surface area (Å²) in [6, 6.07) is 8.53. The van der Waals surface area contributed by atoms with Gasteiger partial charge in [0, 0.05) is 23.1 Å². The third-order valence-corrected chi connectivity index (χ3v) is 3.63. The number of nitro groups is 1. The number of carbonyl (C=O) groups excluding carboxylic acids is 1. The van der Waals surface area contributed by atoms with Crippen LogP contribution in [-0.4, -0.2) is 43.9 Å². The number of ether oxygens (including phenoxy) is 1. The van der Waals surface area contributed by atoms with Crippen molar-refractivity contribution in [1.82, 2.24) is 25.2 Å². The summed E-state index contributed by atoms with van der Waals surface area (Å²) in [5, 5.41) is 18.4. The number of amides is 1. The minimum Gasteiger partial charge on any atom is -0.496 e. The first-order valence-electron chi connectivity index (χ1n) is 8.01. The molecule has 0 aliphatic carbocycles. The number of hydrazone groups is 1. The van der Waals surface area contributed by atoms with Gasteiger partial charge in [-0.2, -0.15) is 9.78 Å². The molecule has 1 amide bonds. The Morgan fingerprint density at radius 1 is 1.43 bits per heavy atom. The van der Waals surface area contributed by atoms with Crippen molar-refractivity contribution < 1.29 is 14.5 Å². The highest BCUT2D eigenvalue weighted by molar-refractivity contribution is 5.94. The monoisotopic (exact) mass is 381 g/mol. The van der Waals surface area contributed by atoms with E-state index in [0.29, 0.717) is 22.4 Å². The third kappa shape index (κ3) is 4.52. The van der Waals surface area contributed by atoms with Crippen LogP contribution < -0.4 is 10.2 Å². The van der Waals surface area contributed by atoms with Gasteiger partial charge in [0.05, 0.1) is 25.4 Å². The Balaban J connectivity index is 1.72. The van der Waals surface area contributed by atoms with Gasteiger partial charge >= 0.3 is 5.95 Å². The quantitative estimate of drug-likeness (QED) is 0.371. The average molecular weight is 381 g/mol. The molecule has 142 valence electrons. The molecule has 2 aromatic heterocycles. The van der Waals surface area contributed by atoms with Gasteiger partial charge in [-0.15, -0.1) is 0 Å². The summed E-state index contributed by atoms with van der Waals surface area (Å²) in [7, 11) is 1.52. The second-order valence-electron chi connectivity index (χ2n) is 5.51. The number of benzene rings is 1. The molecule has 0 bridgehead atoms. The lowest BCUT2D eigenvalue weighted by Crippen LogP contribution is -2.17. The number of rotatable bonds is 7. The van der Waals surface area contributed by atoms with Crippen LogP contribution in [0.1, 0.15) is 21.5 Å². The van der Waals surface area contributed by atoms with E-state index >= 15 is 0 Å². The smallest absolute Gasteiger partial charge is 0.490 e. The van der Waals surface area contributed by atoms with Crippen LogP contribution in [0.2, 0.25) is 0 Å². The van der Waals surface area contributed by atoms with E-state index in [0.717, 1.165) is 0 Å². The van der Waals surface area contributed by atoms with Crippen molar-refractivity contribution in [3.63, 3.8) is 0 Å². The fraction of sp³-hybridized carbons (Fsp3) is 0.118. The van der Waals surface area contributed by atoms with Crippen molar-refractivity contribution >= 4 is 18.1 Å². The van der Waals surface area contributed by atoms with Gasteiger partial charge in [0.25, 0.3) is 5.91 Å². The molecule has 1 N–H and O–H groups in total. The SMILES string of the molecule is COc1ccc(C=NNC(=O)c2cccnc2)cc1Cn1cnc([N+](=O)[O-])n1. The summed E-state index contributed by atoms with van der Waals surface area (Å²) in [5.74, 6) is -0.280. The van der Waals surface area contributed by atoms with Crippen molar-refractivity contribution in [2.24, 2.45) is 5.10 Å². The van der Waals surface area contributed by atoms with E-state index in [1.165, 1.54) is 30.5 Å². The Kier molecular flexibility index (Phi) is 5.65. The molecule has 28 heavy (non-hydrogen) atoms. The Hall–Kier alpha value is -4.15. The molecule has 11 heteroatoms. The van der Waals surface area contributed by atoms with Crippen LogP contribution in [0.4, 0.5) is 5.95 Å². The Morgan fingerprint density at radius 3 is 2.96 bits per heavy atom. The number of nitrogens with one attached hydrogen (secondary N) is 1. The molecule has 1 aromatic carbocycles. The Morgan fingerprint density at radius 2 is 2.29 bits per heavy atom. The Labute approximate surface area is 158 Å². The molecule has 0 radical (unpaired) electrons. The lowest BCUT2D eigenvalue weighted by molar-refractivity contribution is -0.394. The molecule has 0 aliphatic rings. The van der Waals surface area contributed by atoms with Crippen LogP contribution in [0, 0.1) is 10.1 Å². The summed E-state index contributed by atoms with van der Waals surface area (Å²) in [5.41, 5.74) is 4.21. The summed E-state index contributed by atoms with van der Waals surface area (Å²) < 4.78 is 6.65. The molecule has 0 atom stereocenters. The fourth-order valence-corrected chi connectivity index (χ4v) is 2.35. The average Bonchev–Trinajstić information content (AvgIpc) is 3.18. The van der Waals surface area contributed by atoms with Crippen molar-refractivity contribution in [1.29, 1.82) is 0 Å². The largest absolute Gasteiger partial charge is 0.496 e. The Bertz CT molecular complexity index is 1020. The van der Waals surface area contributed by atoms with E-state index in [2.05, 4.69) is 25.6 Å². The predicted molar refractivity (Wildman–Crippen MR) is 98.1 cm³/mol. The number of pyridine rings is 1. The fourth-order valence-electron chi connectivity index (χ4n) is 2.35. The number of aromatic nitrogens is 4. The summed E-state index contributed by atoms with van der Waals surface area (Å²) in [6.45, 7) is 0.216. The molecular weight excluding hydrogens is 366 g/mol. The number of carbonyl (C=O) groups is 1. The third-order valence-electron chi connectivity index (χ3n) is 3.63. The maximum Gasteiger partial charge on any atom is 0.490 e. The molecule has 0 saturated heterocycles. The van der Waals surface area contributed by atoms with Crippen molar-refractivity contribution in [2.45, 2.75) is 6.54 Å². The molecular formula is C17H15N7O4. The van der Waals surface area contributed by atoms with E-state index in [1.54, 1.807) is 36.5 Å². The van der Waals surface area contributed by atoms with Gasteiger partial charge in [0.15, 0.2) is 0 Å². The summed E-state index contributed by atoms with van der Waals surface area (Å²) in [6.07, 6.45) is 5.75. The molecule has 0 spiro atoms. The van der Waals surface area contributed by atoms with Crippen LogP contribution in [0.25, 0.3) is 0 Å². The lowest BCUT2D eigenvalue weighted by Gasteiger charge is -2.08. The topological polar surface area (TPSA) is 137 Å². The zero-order valence-corrected chi connectivity index (χ0v) is 14.7. The van der Waals surface area contributed by atoms with Crippen LogP contribution in [0.3, 0.4) is 0 Å². The number of hydrogen-bond donors (Lipinski definition) is 1. The van der Waals surface area contributed by atoms with E-state index < -0.39 is 10.9 Å². The second kappa shape index (κ2) is 8.49. The normalized spacial score (nSPS) is 10.8. The molecule has 0 saturated carbocycles. The van der Waals surface area contributed by atoms with Gasteiger partial charge in [0.1, 0.15) is 5.75 Å². The maximum atomic E-state index is 11.9. The van der Waals surface area contributed by atoms with Crippen LogP contribution in [0.5, 0.6) is 5.75 Å².